The maximum Gasteiger partial charge on any atom is 0.573 e. The molecule has 0 fully saturated rings. The number of aryl methyl sites for hydroxylation is 1. The largest absolute Gasteiger partial charge is 0.573 e. The number of benzene rings is 1. The van der Waals surface area contributed by atoms with Crippen LogP contribution in [0.25, 0.3) is 0 Å². The van der Waals surface area contributed by atoms with Crippen LogP contribution in [-0.2, 0) is 10.2 Å². The average Bonchev–Trinajstić information content (AvgIpc) is 3.18. The number of aliphatic imine (C=N–C) groups is 1. The predicted octanol–water partition coefficient (Wildman–Crippen LogP) is 6.09. The fourth-order valence-corrected chi connectivity index (χ4v) is 4.72. The van der Waals surface area contributed by atoms with Crippen LogP contribution in [0.5, 0.6) is 0 Å². The smallest absolute Gasteiger partial charge is 0.406 e. The Kier molecular flexibility index (Phi) is 6.99. The number of hydrazine groups is 1. The van der Waals surface area contributed by atoms with Crippen LogP contribution in [0.1, 0.15) is 41.5 Å². The van der Waals surface area contributed by atoms with Crippen molar-refractivity contribution in [2.24, 2.45) is 10.8 Å². The van der Waals surface area contributed by atoms with Gasteiger partial charge < -0.3 is 4.74 Å². The average molecular weight is 486 g/mol. The van der Waals surface area contributed by atoms with E-state index in [1.165, 1.54) is 28.5 Å². The van der Waals surface area contributed by atoms with Crippen molar-refractivity contribution in [3.05, 3.63) is 81.0 Å². The van der Waals surface area contributed by atoms with E-state index < -0.39 is 29.8 Å². The molecule has 0 saturated heterocycles. The first-order valence-corrected chi connectivity index (χ1v) is 10.9. The van der Waals surface area contributed by atoms with Gasteiger partial charge >= 0.3 is 6.36 Å². The Balaban J connectivity index is 1.91. The van der Waals surface area contributed by atoms with Crippen LogP contribution in [0, 0.1) is 12.7 Å². The summed E-state index contributed by atoms with van der Waals surface area (Å²) >= 11 is 1.23. The molecule has 1 aromatic carbocycles. The SMILES string of the molecule is Cc1cccc(F)c1C(C)N=C(c1csc(C2(C)C=CC(OC(F)(F)F)=CC2F)c1)N(C)N. The number of ether oxygens (including phenoxy) is 1. The molecule has 0 saturated carbocycles. The second kappa shape index (κ2) is 9.26. The van der Waals surface area contributed by atoms with Gasteiger partial charge in [0.2, 0.25) is 0 Å². The van der Waals surface area contributed by atoms with E-state index in [2.05, 4.69) is 9.73 Å². The third-order valence-corrected chi connectivity index (χ3v) is 6.62. The lowest BCUT2D eigenvalue weighted by atomic mass is 9.80. The number of hydrogen-bond acceptors (Lipinski definition) is 4. The van der Waals surface area contributed by atoms with Crippen LogP contribution in [0.15, 0.2) is 58.6 Å². The Morgan fingerprint density at radius 2 is 2.03 bits per heavy atom. The molecule has 0 bridgehead atoms. The first-order valence-electron chi connectivity index (χ1n) is 10.0. The quantitative estimate of drug-likeness (QED) is 0.183. The summed E-state index contributed by atoms with van der Waals surface area (Å²) in [6.07, 6.45) is -3.38. The standard InChI is InChI=1S/C23H24F5N3OS/c1-13-6-5-7-17(24)20(13)14(2)30-21(31(4)29)15-10-19(33-12-15)22(3)9-8-16(11-18(22)25)32-23(26,27)28/h5-12,14,18H,29H2,1-4H3. The minimum atomic E-state index is -4.90. The lowest BCUT2D eigenvalue weighted by molar-refractivity contribution is -0.303. The molecule has 0 radical (unpaired) electrons. The summed E-state index contributed by atoms with van der Waals surface area (Å²) in [6.45, 7) is 5.12. The minimum Gasteiger partial charge on any atom is -0.406 e. The first kappa shape index (κ1) is 24.9. The number of hydrogen-bond donors (Lipinski definition) is 1. The van der Waals surface area contributed by atoms with Crippen molar-refractivity contribution < 1.29 is 26.7 Å². The van der Waals surface area contributed by atoms with E-state index in [9.17, 15) is 22.0 Å². The molecule has 178 valence electrons. The summed E-state index contributed by atoms with van der Waals surface area (Å²) < 4.78 is 70.5. The van der Waals surface area contributed by atoms with Crippen molar-refractivity contribution in [3.8, 4) is 0 Å². The second-order valence-corrected chi connectivity index (χ2v) is 8.96. The Hall–Kier alpha value is -2.72. The van der Waals surface area contributed by atoms with Gasteiger partial charge in [0, 0.05) is 28.4 Å². The summed E-state index contributed by atoms with van der Waals surface area (Å²) in [5.41, 5.74) is 0.581. The zero-order chi connectivity index (χ0) is 24.6. The lowest BCUT2D eigenvalue weighted by Gasteiger charge is -2.30. The minimum absolute atomic E-state index is 0.364. The van der Waals surface area contributed by atoms with Gasteiger partial charge in [-0.25, -0.2) is 14.6 Å². The highest BCUT2D eigenvalue weighted by Gasteiger charge is 2.39. The molecule has 3 unspecified atom stereocenters. The number of nitrogens with zero attached hydrogens (tertiary/aromatic N) is 2. The van der Waals surface area contributed by atoms with Crippen LogP contribution in [-0.4, -0.2) is 30.4 Å². The zero-order valence-corrected chi connectivity index (χ0v) is 19.3. The van der Waals surface area contributed by atoms with Gasteiger partial charge in [0.25, 0.3) is 0 Å². The van der Waals surface area contributed by atoms with Crippen molar-refractivity contribution >= 4 is 17.2 Å². The number of halogens is 5. The third-order valence-electron chi connectivity index (χ3n) is 5.44. The predicted molar refractivity (Wildman–Crippen MR) is 119 cm³/mol. The van der Waals surface area contributed by atoms with Crippen LogP contribution in [0.2, 0.25) is 0 Å². The Bertz CT molecular complexity index is 1090. The molecule has 3 atom stereocenters. The number of rotatable bonds is 5. The van der Waals surface area contributed by atoms with Crippen molar-refractivity contribution in [1.29, 1.82) is 0 Å². The van der Waals surface area contributed by atoms with E-state index in [1.54, 1.807) is 51.4 Å². The molecule has 1 aliphatic rings. The van der Waals surface area contributed by atoms with E-state index in [0.29, 0.717) is 21.8 Å². The fourth-order valence-electron chi connectivity index (χ4n) is 3.67. The van der Waals surface area contributed by atoms with Gasteiger partial charge in [-0.15, -0.1) is 24.5 Å². The van der Waals surface area contributed by atoms with E-state index in [1.807, 2.05) is 0 Å². The number of amidine groups is 1. The summed E-state index contributed by atoms with van der Waals surface area (Å²) in [4.78, 5) is 5.17. The Morgan fingerprint density at radius 3 is 2.61 bits per heavy atom. The van der Waals surface area contributed by atoms with Crippen molar-refractivity contribution in [3.63, 3.8) is 0 Å². The van der Waals surface area contributed by atoms with Crippen molar-refractivity contribution in [1.82, 2.24) is 5.01 Å². The van der Waals surface area contributed by atoms with Gasteiger partial charge in [-0.1, -0.05) is 18.2 Å². The highest BCUT2D eigenvalue weighted by atomic mass is 32.1. The third kappa shape index (κ3) is 5.44. The first-order chi connectivity index (χ1) is 15.3. The van der Waals surface area contributed by atoms with Gasteiger partial charge in [0.15, 0.2) is 0 Å². The number of thiophene rings is 1. The molecular weight excluding hydrogens is 461 g/mol. The summed E-state index contributed by atoms with van der Waals surface area (Å²) in [7, 11) is 1.58. The maximum atomic E-state index is 15.0. The molecule has 10 heteroatoms. The van der Waals surface area contributed by atoms with Crippen molar-refractivity contribution in [2.75, 3.05) is 7.05 Å². The molecule has 1 aliphatic carbocycles. The number of allylic oxidation sites excluding steroid dienone is 3. The van der Waals surface area contributed by atoms with Gasteiger partial charge in [0.05, 0.1) is 11.5 Å². The Morgan fingerprint density at radius 1 is 1.33 bits per heavy atom. The Labute approximate surface area is 192 Å². The van der Waals surface area contributed by atoms with E-state index in [4.69, 9.17) is 5.84 Å². The second-order valence-electron chi connectivity index (χ2n) is 8.04. The highest BCUT2D eigenvalue weighted by Crippen LogP contribution is 2.40. The maximum absolute atomic E-state index is 15.0. The summed E-state index contributed by atoms with van der Waals surface area (Å²) in [5, 5.41) is 3.02. The molecule has 3 rings (SSSR count). The van der Waals surface area contributed by atoms with Gasteiger partial charge in [-0.2, -0.15) is 0 Å². The molecule has 1 aromatic heterocycles. The molecule has 0 amide bonds. The monoisotopic (exact) mass is 485 g/mol. The van der Waals surface area contributed by atoms with Crippen LogP contribution in [0.4, 0.5) is 22.0 Å². The molecule has 1 heterocycles. The molecule has 33 heavy (non-hydrogen) atoms. The van der Waals surface area contributed by atoms with Crippen molar-refractivity contribution in [2.45, 2.75) is 44.8 Å². The van der Waals surface area contributed by atoms with Crippen LogP contribution in [0.3, 0.4) is 0 Å². The molecule has 4 nitrogen and oxygen atoms in total. The van der Waals surface area contributed by atoms with Crippen LogP contribution < -0.4 is 5.84 Å². The van der Waals surface area contributed by atoms with Gasteiger partial charge in [-0.05, 0) is 50.6 Å². The van der Waals surface area contributed by atoms with E-state index >= 15 is 0 Å². The summed E-state index contributed by atoms with van der Waals surface area (Å²) in [5.74, 6) is 5.38. The van der Waals surface area contributed by atoms with Gasteiger partial charge in [0.1, 0.15) is 23.6 Å². The molecule has 0 spiro atoms. The molecule has 0 aliphatic heterocycles. The zero-order valence-electron chi connectivity index (χ0n) is 18.5. The number of alkyl halides is 4. The normalized spacial score (nSPS) is 22.2. The molecule has 2 aromatic rings. The summed E-state index contributed by atoms with van der Waals surface area (Å²) in [6, 6.07) is 5.93. The van der Waals surface area contributed by atoms with Crippen LogP contribution >= 0.6 is 11.3 Å². The lowest BCUT2D eigenvalue weighted by Crippen LogP contribution is -2.34. The van der Waals surface area contributed by atoms with E-state index in [0.717, 1.165) is 17.7 Å². The number of nitrogens with two attached hydrogens (primary N) is 1. The molecular formula is C23H24F5N3OS. The van der Waals surface area contributed by atoms with Gasteiger partial charge in [-0.3, -0.25) is 10.0 Å². The molecule has 2 N–H and O–H groups in total. The fraction of sp³-hybridized carbons (Fsp3) is 0.348. The highest BCUT2D eigenvalue weighted by molar-refractivity contribution is 7.10. The topological polar surface area (TPSA) is 50.8 Å². The van der Waals surface area contributed by atoms with E-state index in [-0.39, 0.29) is 5.82 Å².